The molecule has 1 unspecified atom stereocenters. The molecule has 2 N–H and O–H groups in total. The zero-order valence-corrected chi connectivity index (χ0v) is 5.03. The molecular formula is C6H10O3. The lowest BCUT2D eigenvalue weighted by atomic mass is 10.1. The van der Waals surface area contributed by atoms with Crippen LogP contribution >= 0.6 is 0 Å². The lowest BCUT2D eigenvalue weighted by molar-refractivity contribution is -0.0113. The van der Waals surface area contributed by atoms with Gasteiger partial charge in [0.25, 0.3) is 0 Å². The smallest absolute Gasteiger partial charge is 0.107 e. The van der Waals surface area contributed by atoms with Crippen molar-refractivity contribution in [3.05, 3.63) is 6.92 Å². The van der Waals surface area contributed by atoms with E-state index >= 15 is 0 Å². The highest BCUT2D eigenvalue weighted by Gasteiger charge is 2.30. The van der Waals surface area contributed by atoms with Crippen molar-refractivity contribution >= 4 is 0 Å². The SMILES string of the molecule is [CH]C1C[C@@H](O)[C@@H](CO)O1. The van der Waals surface area contributed by atoms with Crippen molar-refractivity contribution in [2.45, 2.75) is 24.7 Å². The molecule has 3 nitrogen and oxygen atoms in total. The van der Waals surface area contributed by atoms with Crippen LogP contribution in [0, 0.1) is 6.92 Å². The number of ether oxygens (including phenoxy) is 1. The fourth-order valence-corrected chi connectivity index (χ4v) is 0.925. The van der Waals surface area contributed by atoms with Gasteiger partial charge in [-0.05, 0) is 6.92 Å². The predicted molar refractivity (Wildman–Crippen MR) is 30.7 cm³/mol. The minimum absolute atomic E-state index is 0.158. The highest BCUT2D eigenvalue weighted by atomic mass is 16.5. The summed E-state index contributed by atoms with van der Waals surface area (Å²) in [5, 5.41) is 17.5. The second-order valence-electron chi connectivity index (χ2n) is 2.20. The molecule has 1 rings (SSSR count). The molecule has 0 bridgehead atoms. The maximum Gasteiger partial charge on any atom is 0.107 e. The van der Waals surface area contributed by atoms with Crippen molar-refractivity contribution in [3.63, 3.8) is 0 Å². The van der Waals surface area contributed by atoms with Crippen molar-refractivity contribution in [2.24, 2.45) is 0 Å². The van der Waals surface area contributed by atoms with Crippen LogP contribution in [0.1, 0.15) is 6.42 Å². The van der Waals surface area contributed by atoms with Crippen LogP contribution in [0.15, 0.2) is 0 Å². The van der Waals surface area contributed by atoms with Crippen molar-refractivity contribution in [1.29, 1.82) is 0 Å². The van der Waals surface area contributed by atoms with Gasteiger partial charge in [-0.1, -0.05) is 0 Å². The minimum Gasteiger partial charge on any atom is -0.394 e. The predicted octanol–water partition coefficient (Wildman–Crippen LogP) is -0.792. The molecule has 0 aromatic rings. The fourth-order valence-electron chi connectivity index (χ4n) is 0.925. The second kappa shape index (κ2) is 2.64. The summed E-state index contributed by atoms with van der Waals surface area (Å²) in [5.74, 6) is 0. The van der Waals surface area contributed by atoms with Gasteiger partial charge >= 0.3 is 0 Å². The largest absolute Gasteiger partial charge is 0.394 e. The topological polar surface area (TPSA) is 49.7 Å². The molecule has 0 aromatic carbocycles. The van der Waals surface area contributed by atoms with Crippen LogP contribution in [0.3, 0.4) is 0 Å². The first-order valence-corrected chi connectivity index (χ1v) is 2.94. The Morgan fingerprint density at radius 2 is 2.33 bits per heavy atom. The van der Waals surface area contributed by atoms with Crippen LogP contribution in [-0.4, -0.2) is 35.1 Å². The molecule has 0 amide bonds. The molecule has 0 aliphatic carbocycles. The lowest BCUT2D eigenvalue weighted by Gasteiger charge is -2.08. The maximum atomic E-state index is 8.99. The Bertz CT molecular complexity index is 94.3. The van der Waals surface area contributed by atoms with E-state index in [-0.39, 0.29) is 6.61 Å². The number of hydrogen-bond donors (Lipinski definition) is 2. The molecule has 0 aromatic heterocycles. The van der Waals surface area contributed by atoms with Gasteiger partial charge in [0.05, 0.1) is 18.8 Å². The number of aliphatic hydroxyl groups is 2. The zero-order chi connectivity index (χ0) is 6.85. The summed E-state index contributed by atoms with van der Waals surface area (Å²) in [5.41, 5.74) is 0. The molecule has 0 spiro atoms. The molecular weight excluding hydrogens is 120 g/mol. The summed E-state index contributed by atoms with van der Waals surface area (Å²) >= 11 is 0. The standard InChI is InChI=1S/C6H10O3/c1-4-2-5(8)6(3-7)9-4/h1,4-8H,2-3H2/t4?,5-,6-/m1/s1. The molecule has 0 saturated carbocycles. The molecule has 2 radical (unpaired) electrons. The molecule has 1 heterocycles. The van der Waals surface area contributed by atoms with Gasteiger partial charge in [0, 0.05) is 6.42 Å². The van der Waals surface area contributed by atoms with Crippen LogP contribution in [0.25, 0.3) is 0 Å². The fraction of sp³-hybridized carbons (Fsp3) is 0.833. The average molecular weight is 130 g/mol. The van der Waals surface area contributed by atoms with E-state index in [0.29, 0.717) is 6.42 Å². The summed E-state index contributed by atoms with van der Waals surface area (Å²) in [6.45, 7) is 5.14. The Kier molecular flexibility index (Phi) is 2.05. The van der Waals surface area contributed by atoms with Crippen LogP contribution in [0.5, 0.6) is 0 Å². The summed E-state index contributed by atoms with van der Waals surface area (Å²) in [6.07, 6.45) is -1.05. The van der Waals surface area contributed by atoms with Gasteiger partial charge in [-0.15, -0.1) is 0 Å². The first-order chi connectivity index (χ1) is 4.24. The molecule has 52 valence electrons. The molecule has 1 aliphatic rings. The Morgan fingerprint density at radius 1 is 1.67 bits per heavy atom. The zero-order valence-electron chi connectivity index (χ0n) is 5.03. The Balaban J connectivity index is 2.38. The van der Waals surface area contributed by atoms with Gasteiger partial charge in [0.2, 0.25) is 0 Å². The molecule has 3 heteroatoms. The van der Waals surface area contributed by atoms with E-state index in [1.807, 2.05) is 0 Å². The van der Waals surface area contributed by atoms with Crippen LogP contribution in [-0.2, 0) is 4.74 Å². The average Bonchev–Trinajstić information content (AvgIpc) is 2.10. The third-order valence-electron chi connectivity index (χ3n) is 1.43. The normalized spacial score (nSPS) is 43.7. The van der Waals surface area contributed by atoms with E-state index in [1.165, 1.54) is 0 Å². The second-order valence-corrected chi connectivity index (χ2v) is 2.20. The molecule has 1 fully saturated rings. The molecule has 1 aliphatic heterocycles. The van der Waals surface area contributed by atoms with Crippen molar-refractivity contribution in [2.75, 3.05) is 6.61 Å². The quantitative estimate of drug-likeness (QED) is 0.489. The molecule has 3 atom stereocenters. The number of rotatable bonds is 1. The van der Waals surface area contributed by atoms with Crippen molar-refractivity contribution < 1.29 is 14.9 Å². The number of aliphatic hydroxyl groups excluding tert-OH is 2. The van der Waals surface area contributed by atoms with E-state index in [9.17, 15) is 0 Å². The van der Waals surface area contributed by atoms with Gasteiger partial charge < -0.3 is 14.9 Å². The summed E-state index contributed by atoms with van der Waals surface area (Å²) in [6, 6.07) is 0. The third kappa shape index (κ3) is 1.41. The number of hydrogen-bond acceptors (Lipinski definition) is 3. The van der Waals surface area contributed by atoms with Crippen molar-refractivity contribution in [3.8, 4) is 0 Å². The van der Waals surface area contributed by atoms with Gasteiger partial charge in [-0.3, -0.25) is 0 Å². The van der Waals surface area contributed by atoms with Gasteiger partial charge in [0.15, 0.2) is 0 Å². The summed E-state index contributed by atoms with van der Waals surface area (Å²) in [7, 11) is 0. The Labute approximate surface area is 54.3 Å². The Hall–Kier alpha value is -0.120. The monoisotopic (exact) mass is 130 g/mol. The van der Waals surface area contributed by atoms with E-state index in [0.717, 1.165) is 0 Å². The van der Waals surface area contributed by atoms with Gasteiger partial charge in [0.1, 0.15) is 6.10 Å². The molecule has 9 heavy (non-hydrogen) atoms. The summed E-state index contributed by atoms with van der Waals surface area (Å²) < 4.78 is 4.90. The molecule has 1 saturated heterocycles. The van der Waals surface area contributed by atoms with Crippen molar-refractivity contribution in [1.82, 2.24) is 0 Å². The van der Waals surface area contributed by atoms with Crippen LogP contribution in [0.4, 0.5) is 0 Å². The Morgan fingerprint density at radius 3 is 2.56 bits per heavy atom. The van der Waals surface area contributed by atoms with Gasteiger partial charge in [-0.25, -0.2) is 0 Å². The van der Waals surface area contributed by atoms with E-state index in [1.54, 1.807) is 0 Å². The third-order valence-corrected chi connectivity index (χ3v) is 1.43. The van der Waals surface area contributed by atoms with E-state index in [4.69, 9.17) is 21.9 Å². The first-order valence-electron chi connectivity index (χ1n) is 2.94. The summed E-state index contributed by atoms with van der Waals surface area (Å²) in [4.78, 5) is 0. The maximum absolute atomic E-state index is 8.99. The van der Waals surface area contributed by atoms with E-state index in [2.05, 4.69) is 0 Å². The lowest BCUT2D eigenvalue weighted by Crippen LogP contribution is -2.24. The van der Waals surface area contributed by atoms with Crippen LogP contribution < -0.4 is 0 Å². The van der Waals surface area contributed by atoms with E-state index < -0.39 is 18.3 Å². The van der Waals surface area contributed by atoms with Crippen LogP contribution in [0.2, 0.25) is 0 Å². The highest BCUT2D eigenvalue weighted by molar-refractivity contribution is 4.82. The minimum atomic E-state index is -0.593. The van der Waals surface area contributed by atoms with Gasteiger partial charge in [-0.2, -0.15) is 0 Å². The first kappa shape index (κ1) is 6.99. The highest BCUT2D eigenvalue weighted by Crippen LogP contribution is 2.18.